The molecule has 0 bridgehead atoms. The number of methoxy groups -OCH3 is 2. The quantitative estimate of drug-likeness (QED) is 0.795. The lowest BCUT2D eigenvalue weighted by Crippen LogP contribution is -2.12. The molecule has 1 aromatic rings. The van der Waals surface area contributed by atoms with Crippen LogP contribution in [0.3, 0.4) is 0 Å². The molecule has 0 fully saturated rings. The van der Waals surface area contributed by atoms with E-state index >= 15 is 0 Å². The van der Waals surface area contributed by atoms with Crippen molar-refractivity contribution in [3.8, 4) is 17.2 Å². The van der Waals surface area contributed by atoms with Crippen molar-refractivity contribution in [2.24, 2.45) is 0 Å². The Morgan fingerprint density at radius 1 is 1.26 bits per heavy atom. The Morgan fingerprint density at radius 3 is 2.26 bits per heavy atom. The van der Waals surface area contributed by atoms with E-state index in [4.69, 9.17) is 14.2 Å². The summed E-state index contributed by atoms with van der Waals surface area (Å²) in [5, 5.41) is 3.26. The Kier molecular flexibility index (Phi) is 6.73. The molecule has 0 aliphatic rings. The largest absolute Gasteiger partial charge is 0.493 e. The molecular formula is C14H20BrNO3. The van der Waals surface area contributed by atoms with Gasteiger partial charge in [-0.1, -0.05) is 29.4 Å². The summed E-state index contributed by atoms with van der Waals surface area (Å²) in [6, 6.07) is 3.88. The lowest BCUT2D eigenvalue weighted by Gasteiger charge is -2.16. The van der Waals surface area contributed by atoms with Crippen molar-refractivity contribution in [1.82, 2.24) is 5.32 Å². The predicted octanol–water partition coefficient (Wildman–Crippen LogP) is 3.10. The molecule has 4 nitrogen and oxygen atoms in total. The van der Waals surface area contributed by atoms with Crippen LogP contribution in [0.1, 0.15) is 12.5 Å². The average Bonchev–Trinajstić information content (AvgIpc) is 2.42. The van der Waals surface area contributed by atoms with Crippen LogP contribution in [-0.2, 0) is 6.54 Å². The molecule has 1 rings (SSSR count). The van der Waals surface area contributed by atoms with E-state index in [-0.39, 0.29) is 0 Å². The van der Waals surface area contributed by atoms with Crippen molar-refractivity contribution >= 4 is 15.9 Å². The van der Waals surface area contributed by atoms with E-state index in [1.165, 1.54) is 0 Å². The zero-order valence-corrected chi connectivity index (χ0v) is 13.2. The summed E-state index contributed by atoms with van der Waals surface area (Å²) in [5.41, 5.74) is 1.08. The molecule has 0 amide bonds. The lowest BCUT2D eigenvalue weighted by molar-refractivity contribution is 0.299. The first-order chi connectivity index (χ1) is 9.12. The third kappa shape index (κ3) is 4.76. The molecule has 0 heterocycles. The molecule has 0 spiro atoms. The van der Waals surface area contributed by atoms with Gasteiger partial charge in [0, 0.05) is 11.0 Å². The van der Waals surface area contributed by atoms with Crippen molar-refractivity contribution in [2.45, 2.75) is 13.5 Å². The zero-order valence-electron chi connectivity index (χ0n) is 11.6. The minimum absolute atomic E-state index is 0.360. The highest BCUT2D eigenvalue weighted by Gasteiger charge is 2.14. The molecule has 0 saturated carbocycles. The van der Waals surface area contributed by atoms with E-state index in [1.54, 1.807) is 14.2 Å². The normalized spacial score (nSPS) is 10.1. The maximum Gasteiger partial charge on any atom is 0.203 e. The van der Waals surface area contributed by atoms with E-state index in [2.05, 4.69) is 34.7 Å². The summed E-state index contributed by atoms with van der Waals surface area (Å²) in [6.45, 7) is 7.83. The molecule has 0 atom stereocenters. The van der Waals surface area contributed by atoms with Crippen LogP contribution < -0.4 is 19.5 Å². The van der Waals surface area contributed by atoms with Gasteiger partial charge in [0.05, 0.1) is 14.2 Å². The molecular weight excluding hydrogens is 310 g/mol. The lowest BCUT2D eigenvalue weighted by atomic mass is 10.1. The van der Waals surface area contributed by atoms with Crippen LogP contribution in [-0.4, -0.2) is 27.4 Å². The Balaban J connectivity index is 3.02. The second kappa shape index (κ2) is 8.07. The summed E-state index contributed by atoms with van der Waals surface area (Å²) < 4.78 is 17.1. The summed E-state index contributed by atoms with van der Waals surface area (Å²) in [7, 11) is 3.23. The van der Waals surface area contributed by atoms with Crippen LogP contribution in [0, 0.1) is 0 Å². The maximum atomic E-state index is 5.65. The minimum atomic E-state index is 0.360. The highest BCUT2D eigenvalue weighted by Crippen LogP contribution is 2.38. The molecule has 1 N–H and O–H groups in total. The first kappa shape index (κ1) is 15.9. The third-order valence-electron chi connectivity index (χ3n) is 2.47. The summed E-state index contributed by atoms with van der Waals surface area (Å²) in [5.74, 6) is 1.90. The van der Waals surface area contributed by atoms with Gasteiger partial charge in [0.25, 0.3) is 0 Å². The molecule has 0 aliphatic heterocycles. The van der Waals surface area contributed by atoms with Gasteiger partial charge < -0.3 is 19.5 Å². The molecule has 5 heteroatoms. The molecule has 0 aromatic heterocycles. The van der Waals surface area contributed by atoms with Crippen LogP contribution in [0.5, 0.6) is 17.2 Å². The summed E-state index contributed by atoms with van der Waals surface area (Å²) in [4.78, 5) is 0. The van der Waals surface area contributed by atoms with Crippen molar-refractivity contribution in [1.29, 1.82) is 0 Å². The van der Waals surface area contributed by atoms with Gasteiger partial charge in [0.1, 0.15) is 6.61 Å². The molecule has 0 saturated heterocycles. The molecule has 19 heavy (non-hydrogen) atoms. The second-order valence-corrected chi connectivity index (χ2v) is 5.04. The first-order valence-corrected chi connectivity index (χ1v) is 6.83. The highest BCUT2D eigenvalue weighted by atomic mass is 79.9. The van der Waals surface area contributed by atoms with E-state index < -0.39 is 0 Å². The first-order valence-electron chi connectivity index (χ1n) is 6.04. The molecule has 0 unspecified atom stereocenters. The smallest absolute Gasteiger partial charge is 0.203 e. The number of rotatable bonds is 8. The van der Waals surface area contributed by atoms with Gasteiger partial charge in [-0.25, -0.2) is 0 Å². The fraction of sp³-hybridized carbons (Fsp3) is 0.429. The standard InChI is InChI=1S/C14H20BrNO3/c1-5-16-8-11-6-12(17-3)14(13(7-11)18-4)19-9-10(2)15/h6-7,16H,2,5,8-9H2,1,3-4H3. The number of hydrogen-bond acceptors (Lipinski definition) is 4. The monoisotopic (exact) mass is 329 g/mol. The van der Waals surface area contributed by atoms with Gasteiger partial charge in [-0.05, 0) is 24.2 Å². The van der Waals surface area contributed by atoms with Crippen LogP contribution in [0.4, 0.5) is 0 Å². The van der Waals surface area contributed by atoms with E-state index in [0.29, 0.717) is 23.9 Å². The van der Waals surface area contributed by atoms with Crippen molar-refractivity contribution in [3.63, 3.8) is 0 Å². The number of nitrogens with one attached hydrogen (secondary N) is 1. The summed E-state index contributed by atoms with van der Waals surface area (Å²) in [6.07, 6.45) is 0. The van der Waals surface area contributed by atoms with Crippen molar-refractivity contribution < 1.29 is 14.2 Å². The van der Waals surface area contributed by atoms with Crippen LogP contribution in [0.15, 0.2) is 23.2 Å². The Hall–Kier alpha value is -1.20. The average molecular weight is 330 g/mol. The van der Waals surface area contributed by atoms with E-state index in [0.717, 1.165) is 23.1 Å². The Morgan fingerprint density at radius 2 is 1.84 bits per heavy atom. The van der Waals surface area contributed by atoms with E-state index in [1.807, 2.05) is 12.1 Å². The fourth-order valence-electron chi connectivity index (χ4n) is 1.60. The van der Waals surface area contributed by atoms with Crippen molar-refractivity contribution in [2.75, 3.05) is 27.4 Å². The number of benzene rings is 1. The Labute approximate surface area is 122 Å². The van der Waals surface area contributed by atoms with Crippen LogP contribution >= 0.6 is 15.9 Å². The zero-order chi connectivity index (χ0) is 14.3. The number of halogens is 1. The van der Waals surface area contributed by atoms with Gasteiger partial charge in [0.2, 0.25) is 5.75 Å². The maximum absolute atomic E-state index is 5.65. The summed E-state index contributed by atoms with van der Waals surface area (Å²) >= 11 is 3.26. The van der Waals surface area contributed by atoms with E-state index in [9.17, 15) is 0 Å². The minimum Gasteiger partial charge on any atom is -0.493 e. The van der Waals surface area contributed by atoms with Gasteiger partial charge in [-0.15, -0.1) is 0 Å². The van der Waals surface area contributed by atoms with Crippen molar-refractivity contribution in [3.05, 3.63) is 28.8 Å². The van der Waals surface area contributed by atoms with Gasteiger partial charge in [0.15, 0.2) is 11.5 Å². The van der Waals surface area contributed by atoms with Crippen LogP contribution in [0.2, 0.25) is 0 Å². The number of ether oxygens (including phenoxy) is 3. The van der Waals surface area contributed by atoms with Gasteiger partial charge >= 0.3 is 0 Å². The Bertz CT molecular complexity index is 410. The number of hydrogen-bond donors (Lipinski definition) is 1. The highest BCUT2D eigenvalue weighted by molar-refractivity contribution is 9.11. The fourth-order valence-corrected chi connectivity index (χ4v) is 1.71. The third-order valence-corrected chi connectivity index (χ3v) is 2.70. The molecule has 106 valence electrons. The predicted molar refractivity (Wildman–Crippen MR) is 80.5 cm³/mol. The van der Waals surface area contributed by atoms with Crippen LogP contribution in [0.25, 0.3) is 0 Å². The molecule has 0 radical (unpaired) electrons. The topological polar surface area (TPSA) is 39.7 Å². The SMILES string of the molecule is C=C(Br)COc1c(OC)cc(CNCC)cc1OC. The molecule has 1 aromatic carbocycles. The van der Waals surface area contributed by atoms with Gasteiger partial charge in [-0.3, -0.25) is 0 Å². The van der Waals surface area contributed by atoms with Gasteiger partial charge in [-0.2, -0.15) is 0 Å². The molecule has 0 aliphatic carbocycles. The second-order valence-electron chi connectivity index (χ2n) is 3.92.